The number of benzene rings is 2. The first-order chi connectivity index (χ1) is 10.2. The van der Waals surface area contributed by atoms with E-state index in [1.54, 1.807) is 30.3 Å². The van der Waals surface area contributed by atoms with E-state index in [4.69, 9.17) is 26.3 Å². The summed E-state index contributed by atoms with van der Waals surface area (Å²) in [6.07, 6.45) is 0. The number of alkyl halides is 1. The third-order valence-electron chi connectivity index (χ3n) is 2.96. The Morgan fingerprint density at radius 3 is 2.71 bits per heavy atom. The van der Waals surface area contributed by atoms with Gasteiger partial charge < -0.3 is 9.47 Å². The molecule has 0 spiro atoms. The Hall–Kier alpha value is -2.25. The predicted molar refractivity (Wildman–Crippen MR) is 78.0 cm³/mol. The zero-order valence-corrected chi connectivity index (χ0v) is 12.2. The molecule has 0 amide bonds. The highest BCUT2D eigenvalue weighted by molar-refractivity contribution is 6.17. The summed E-state index contributed by atoms with van der Waals surface area (Å²) in [6, 6.07) is 11.7. The van der Waals surface area contributed by atoms with Gasteiger partial charge >= 0.3 is 0 Å². The van der Waals surface area contributed by atoms with Crippen molar-refractivity contribution in [3.8, 4) is 17.6 Å². The minimum Gasteiger partial charge on any atom is -0.493 e. The van der Waals surface area contributed by atoms with Crippen molar-refractivity contribution in [2.75, 3.05) is 7.11 Å². The highest BCUT2D eigenvalue weighted by atomic mass is 35.5. The second-order valence-corrected chi connectivity index (χ2v) is 4.57. The maximum absolute atomic E-state index is 13.9. The van der Waals surface area contributed by atoms with Crippen LogP contribution in [0.15, 0.2) is 36.4 Å². The molecule has 2 rings (SSSR count). The Morgan fingerprint density at radius 2 is 2.05 bits per heavy atom. The van der Waals surface area contributed by atoms with Crippen molar-refractivity contribution in [2.24, 2.45) is 0 Å². The molecule has 0 saturated carbocycles. The quantitative estimate of drug-likeness (QED) is 0.783. The largest absolute Gasteiger partial charge is 0.493 e. The van der Waals surface area contributed by atoms with Crippen molar-refractivity contribution in [3.05, 3.63) is 58.9 Å². The summed E-state index contributed by atoms with van der Waals surface area (Å²) in [5, 5.41) is 8.80. The lowest BCUT2D eigenvalue weighted by Crippen LogP contribution is -2.01. The molecule has 2 aromatic carbocycles. The molecule has 0 unspecified atom stereocenters. The molecule has 0 fully saturated rings. The van der Waals surface area contributed by atoms with E-state index in [1.807, 2.05) is 6.07 Å². The van der Waals surface area contributed by atoms with Crippen LogP contribution in [0.25, 0.3) is 0 Å². The van der Waals surface area contributed by atoms with E-state index in [2.05, 4.69) is 0 Å². The van der Waals surface area contributed by atoms with E-state index in [-0.39, 0.29) is 12.2 Å². The van der Waals surface area contributed by atoms with Gasteiger partial charge in [-0.15, -0.1) is 11.6 Å². The van der Waals surface area contributed by atoms with Crippen LogP contribution in [0.1, 0.15) is 16.7 Å². The molecule has 0 aliphatic rings. The summed E-state index contributed by atoms with van der Waals surface area (Å²) in [7, 11) is 1.52. The summed E-state index contributed by atoms with van der Waals surface area (Å²) >= 11 is 5.76. The SMILES string of the molecule is COc1cc(CCl)ccc1OCc1cccc(C#N)c1F. The second kappa shape index (κ2) is 6.96. The number of ether oxygens (including phenoxy) is 2. The van der Waals surface area contributed by atoms with Crippen LogP contribution in [0, 0.1) is 17.1 Å². The van der Waals surface area contributed by atoms with E-state index in [0.29, 0.717) is 22.9 Å². The third-order valence-corrected chi connectivity index (χ3v) is 3.27. The van der Waals surface area contributed by atoms with Crippen molar-refractivity contribution in [3.63, 3.8) is 0 Å². The van der Waals surface area contributed by atoms with Crippen molar-refractivity contribution < 1.29 is 13.9 Å². The van der Waals surface area contributed by atoms with Crippen LogP contribution in [-0.4, -0.2) is 7.11 Å². The molecule has 21 heavy (non-hydrogen) atoms. The van der Waals surface area contributed by atoms with Gasteiger partial charge in [0, 0.05) is 11.4 Å². The third kappa shape index (κ3) is 3.45. The van der Waals surface area contributed by atoms with Crippen LogP contribution in [0.2, 0.25) is 0 Å². The number of nitriles is 1. The van der Waals surface area contributed by atoms with Crippen molar-refractivity contribution in [2.45, 2.75) is 12.5 Å². The van der Waals surface area contributed by atoms with E-state index >= 15 is 0 Å². The van der Waals surface area contributed by atoms with Crippen LogP contribution in [-0.2, 0) is 12.5 Å². The van der Waals surface area contributed by atoms with Gasteiger partial charge in [0.05, 0.1) is 12.7 Å². The smallest absolute Gasteiger partial charge is 0.161 e. The van der Waals surface area contributed by atoms with E-state index < -0.39 is 5.82 Å². The first-order valence-electron chi connectivity index (χ1n) is 6.22. The minimum atomic E-state index is -0.559. The fraction of sp³-hybridized carbons (Fsp3) is 0.188. The molecule has 0 aromatic heterocycles. The Bertz CT molecular complexity index is 682. The zero-order chi connectivity index (χ0) is 15.2. The monoisotopic (exact) mass is 305 g/mol. The molecule has 0 N–H and O–H groups in total. The summed E-state index contributed by atoms with van der Waals surface area (Å²) in [5.74, 6) is 0.838. The summed E-state index contributed by atoms with van der Waals surface area (Å²) in [5.41, 5.74) is 1.22. The van der Waals surface area contributed by atoms with Gasteiger partial charge in [0.25, 0.3) is 0 Å². The normalized spacial score (nSPS) is 10.0. The molecule has 0 radical (unpaired) electrons. The number of hydrogen-bond acceptors (Lipinski definition) is 3. The van der Waals surface area contributed by atoms with Gasteiger partial charge in [-0.25, -0.2) is 4.39 Å². The van der Waals surface area contributed by atoms with Gasteiger partial charge in [-0.2, -0.15) is 5.26 Å². The lowest BCUT2D eigenvalue weighted by atomic mass is 10.1. The van der Waals surface area contributed by atoms with Gasteiger partial charge in [-0.3, -0.25) is 0 Å². The van der Waals surface area contributed by atoms with Crippen LogP contribution in [0.3, 0.4) is 0 Å². The lowest BCUT2D eigenvalue weighted by Gasteiger charge is -2.12. The fourth-order valence-corrected chi connectivity index (χ4v) is 2.01. The molecular formula is C16H13ClFNO2. The topological polar surface area (TPSA) is 42.2 Å². The summed E-state index contributed by atoms with van der Waals surface area (Å²) in [4.78, 5) is 0. The number of methoxy groups -OCH3 is 1. The van der Waals surface area contributed by atoms with Gasteiger partial charge in [0.2, 0.25) is 0 Å². The minimum absolute atomic E-state index is 0.000512. The van der Waals surface area contributed by atoms with Gasteiger partial charge in [-0.05, 0) is 23.8 Å². The van der Waals surface area contributed by atoms with Crippen molar-refractivity contribution in [1.29, 1.82) is 5.26 Å². The summed E-state index contributed by atoms with van der Waals surface area (Å²) < 4.78 is 24.7. The molecule has 5 heteroatoms. The van der Waals surface area contributed by atoms with Crippen molar-refractivity contribution >= 4 is 11.6 Å². The average Bonchev–Trinajstić information content (AvgIpc) is 2.53. The standard InChI is InChI=1S/C16H13ClFNO2/c1-20-15-7-11(8-17)5-6-14(15)21-10-13-4-2-3-12(9-19)16(13)18/h2-7H,8,10H2,1H3. The molecule has 2 aromatic rings. The van der Waals surface area contributed by atoms with Crippen LogP contribution < -0.4 is 9.47 Å². The molecule has 0 aliphatic heterocycles. The molecule has 0 aliphatic carbocycles. The molecule has 108 valence electrons. The number of rotatable bonds is 5. The van der Waals surface area contributed by atoms with Crippen LogP contribution in [0.4, 0.5) is 4.39 Å². The van der Waals surface area contributed by atoms with E-state index in [1.165, 1.54) is 13.2 Å². The fourth-order valence-electron chi connectivity index (χ4n) is 1.85. The Morgan fingerprint density at radius 1 is 1.24 bits per heavy atom. The van der Waals surface area contributed by atoms with Crippen molar-refractivity contribution in [1.82, 2.24) is 0 Å². The Labute approximate surface area is 127 Å². The summed E-state index contributed by atoms with van der Waals surface area (Å²) in [6.45, 7) is 0.0118. The van der Waals surface area contributed by atoms with Crippen LogP contribution in [0.5, 0.6) is 11.5 Å². The zero-order valence-electron chi connectivity index (χ0n) is 11.4. The Balaban J connectivity index is 2.19. The first kappa shape index (κ1) is 15.1. The number of halogens is 2. The number of nitrogens with zero attached hydrogens (tertiary/aromatic N) is 1. The van der Waals surface area contributed by atoms with E-state index in [0.717, 1.165) is 5.56 Å². The van der Waals surface area contributed by atoms with Crippen LogP contribution >= 0.6 is 11.6 Å². The molecule has 0 saturated heterocycles. The maximum Gasteiger partial charge on any atom is 0.161 e. The molecule has 0 bridgehead atoms. The van der Waals surface area contributed by atoms with E-state index in [9.17, 15) is 4.39 Å². The molecule has 3 nitrogen and oxygen atoms in total. The highest BCUT2D eigenvalue weighted by Crippen LogP contribution is 2.29. The molecular weight excluding hydrogens is 293 g/mol. The van der Waals surface area contributed by atoms with Gasteiger partial charge in [0.1, 0.15) is 18.5 Å². The van der Waals surface area contributed by atoms with Gasteiger partial charge in [0.15, 0.2) is 11.5 Å². The lowest BCUT2D eigenvalue weighted by molar-refractivity contribution is 0.279. The highest BCUT2D eigenvalue weighted by Gasteiger charge is 2.10. The number of hydrogen-bond donors (Lipinski definition) is 0. The molecule has 0 heterocycles. The second-order valence-electron chi connectivity index (χ2n) is 4.30. The molecule has 0 atom stereocenters. The Kier molecular flexibility index (Phi) is 5.02. The maximum atomic E-state index is 13.9. The predicted octanol–water partition coefficient (Wildman–Crippen LogP) is 4.02. The first-order valence-corrected chi connectivity index (χ1v) is 6.76. The average molecular weight is 306 g/mol. The van der Waals surface area contributed by atoms with Gasteiger partial charge in [-0.1, -0.05) is 18.2 Å².